The van der Waals surface area contributed by atoms with Crippen LogP contribution in [0.1, 0.15) is 5.56 Å². The van der Waals surface area contributed by atoms with E-state index in [0.717, 1.165) is 12.3 Å². The zero-order valence-corrected chi connectivity index (χ0v) is 6.89. The van der Waals surface area contributed by atoms with Gasteiger partial charge in [-0.3, -0.25) is 0 Å². The van der Waals surface area contributed by atoms with E-state index in [2.05, 4.69) is 4.98 Å². The minimum Gasteiger partial charge on any atom is -0.445 e. The topological polar surface area (TPSA) is 36.7 Å². The molecule has 0 fully saturated rings. The summed E-state index contributed by atoms with van der Waals surface area (Å²) in [5, 5.41) is 7.98. The largest absolute Gasteiger partial charge is 0.511 e. The van der Waals surface area contributed by atoms with Gasteiger partial charge in [-0.2, -0.15) is 5.26 Å². The Bertz CT molecular complexity index is 371. The fraction of sp³-hybridized carbons (Fsp3) is 0. The molecule has 2 nitrogen and oxygen atoms in total. The summed E-state index contributed by atoms with van der Waals surface area (Å²) < 4.78 is 36.7. The third-order valence-corrected chi connectivity index (χ3v) is 1.69. The number of nitriles is 1. The Kier molecular flexibility index (Phi) is 2.48. The Morgan fingerprint density at radius 2 is 2.08 bits per heavy atom. The molecule has 0 aliphatic rings. The van der Waals surface area contributed by atoms with Crippen LogP contribution in [-0.4, -0.2) is 12.0 Å². The van der Waals surface area contributed by atoms with Gasteiger partial charge in [0.25, 0.3) is 0 Å². The normalized spacial score (nSPS) is 11.0. The minimum atomic E-state index is -5.20. The van der Waals surface area contributed by atoms with E-state index < -0.39 is 23.2 Å². The van der Waals surface area contributed by atoms with Crippen LogP contribution in [0.15, 0.2) is 12.3 Å². The fourth-order valence-corrected chi connectivity index (χ4v) is 1.04. The van der Waals surface area contributed by atoms with Crippen LogP contribution in [0.25, 0.3) is 0 Å². The van der Waals surface area contributed by atoms with Gasteiger partial charge in [0.1, 0.15) is 5.15 Å². The van der Waals surface area contributed by atoms with E-state index in [4.69, 9.17) is 16.9 Å². The molecule has 0 aromatic carbocycles. The molecule has 0 amide bonds. The van der Waals surface area contributed by atoms with Crippen LogP contribution < -0.4 is 5.46 Å². The van der Waals surface area contributed by atoms with E-state index in [1.54, 1.807) is 0 Å². The molecule has 13 heavy (non-hydrogen) atoms. The molecule has 0 saturated heterocycles. The van der Waals surface area contributed by atoms with Gasteiger partial charge in [0.05, 0.1) is 11.6 Å². The van der Waals surface area contributed by atoms with Gasteiger partial charge in [-0.25, -0.2) is 4.98 Å². The molecule has 0 saturated carbocycles. The highest BCUT2D eigenvalue weighted by molar-refractivity contribution is 6.74. The molecule has 0 aliphatic carbocycles. The van der Waals surface area contributed by atoms with Crippen LogP contribution >= 0.6 is 11.6 Å². The molecule has 0 spiro atoms. The van der Waals surface area contributed by atoms with E-state index in [1.165, 1.54) is 6.07 Å². The second-order valence-corrected chi connectivity index (χ2v) is 2.61. The standard InChI is InChI=1S/C6H2BClF3N2/c8-6-4(3-12)5(1-2-13-6)7(9,10)11/h1-2H/q-1. The first kappa shape index (κ1) is 9.87. The van der Waals surface area contributed by atoms with Gasteiger partial charge in [-0.15, -0.1) is 0 Å². The lowest BCUT2D eigenvalue weighted by Gasteiger charge is -2.15. The molecule has 1 heterocycles. The summed E-state index contributed by atoms with van der Waals surface area (Å²) in [7, 11) is 0. The number of pyridine rings is 1. The van der Waals surface area contributed by atoms with Gasteiger partial charge in [-0.05, 0) is 0 Å². The molecule has 0 aliphatic heterocycles. The highest BCUT2D eigenvalue weighted by Gasteiger charge is 2.29. The average molecular weight is 205 g/mol. The Morgan fingerprint density at radius 1 is 1.46 bits per heavy atom. The van der Waals surface area contributed by atoms with Crippen molar-refractivity contribution in [3.05, 3.63) is 23.0 Å². The van der Waals surface area contributed by atoms with Gasteiger partial charge in [-0.1, -0.05) is 23.1 Å². The number of rotatable bonds is 1. The SMILES string of the molecule is N#Cc1c([B-](F)(F)F)ccnc1Cl. The number of hydrogen-bond acceptors (Lipinski definition) is 2. The lowest BCUT2D eigenvalue weighted by molar-refractivity contribution is 0.500. The van der Waals surface area contributed by atoms with Crippen molar-refractivity contribution >= 4 is 24.0 Å². The Balaban J connectivity index is 3.40. The highest BCUT2D eigenvalue weighted by atomic mass is 35.5. The molecule has 7 heteroatoms. The number of aromatic nitrogens is 1. The van der Waals surface area contributed by atoms with Crippen LogP contribution in [0, 0.1) is 11.3 Å². The summed E-state index contributed by atoms with van der Waals surface area (Å²) in [6.45, 7) is -5.20. The van der Waals surface area contributed by atoms with E-state index in [1.807, 2.05) is 0 Å². The summed E-state index contributed by atoms with van der Waals surface area (Å²) in [5.41, 5.74) is -1.61. The first-order valence-corrected chi connectivity index (χ1v) is 3.59. The van der Waals surface area contributed by atoms with Crippen LogP contribution in [0.5, 0.6) is 0 Å². The van der Waals surface area contributed by atoms with Crippen molar-refractivity contribution in [2.24, 2.45) is 0 Å². The third-order valence-electron chi connectivity index (χ3n) is 1.40. The summed E-state index contributed by atoms with van der Waals surface area (Å²) in [6.07, 6.45) is 0.924. The Labute approximate surface area is 77.0 Å². The lowest BCUT2D eigenvalue weighted by atomic mass is 9.78. The van der Waals surface area contributed by atoms with Gasteiger partial charge < -0.3 is 12.9 Å². The van der Waals surface area contributed by atoms with Crippen LogP contribution in [-0.2, 0) is 0 Å². The molecule has 0 radical (unpaired) electrons. The van der Waals surface area contributed by atoms with Crippen molar-refractivity contribution in [2.75, 3.05) is 0 Å². The van der Waals surface area contributed by atoms with Crippen molar-refractivity contribution in [2.45, 2.75) is 0 Å². The number of hydrogen-bond donors (Lipinski definition) is 0. The van der Waals surface area contributed by atoms with E-state index in [9.17, 15) is 12.9 Å². The van der Waals surface area contributed by atoms with E-state index in [0.29, 0.717) is 0 Å². The predicted octanol–water partition coefficient (Wildman–Crippen LogP) is 1.66. The van der Waals surface area contributed by atoms with E-state index in [-0.39, 0.29) is 0 Å². The minimum absolute atomic E-state index is 0.417. The maximum absolute atomic E-state index is 12.2. The van der Waals surface area contributed by atoms with Crippen LogP contribution in [0.4, 0.5) is 12.9 Å². The van der Waals surface area contributed by atoms with Crippen molar-refractivity contribution in [1.29, 1.82) is 5.26 Å². The highest BCUT2D eigenvalue weighted by Crippen LogP contribution is 2.16. The summed E-state index contributed by atoms with van der Waals surface area (Å²) in [4.78, 5) is 3.38. The van der Waals surface area contributed by atoms with Crippen molar-refractivity contribution in [3.8, 4) is 6.07 Å². The van der Waals surface area contributed by atoms with Crippen LogP contribution in [0.2, 0.25) is 5.15 Å². The Hall–Kier alpha value is -1.22. The van der Waals surface area contributed by atoms with Gasteiger partial charge in [0.2, 0.25) is 0 Å². The second-order valence-electron chi connectivity index (χ2n) is 2.25. The fourth-order valence-electron chi connectivity index (χ4n) is 0.833. The average Bonchev–Trinajstić information content (AvgIpc) is 2.02. The van der Waals surface area contributed by atoms with Gasteiger partial charge >= 0.3 is 6.98 Å². The molecule has 0 N–H and O–H groups in total. The molecule has 68 valence electrons. The summed E-state index contributed by atoms with van der Waals surface area (Å²) in [6, 6.07) is 2.11. The lowest BCUT2D eigenvalue weighted by Crippen LogP contribution is -2.36. The van der Waals surface area contributed by atoms with Gasteiger partial charge in [0, 0.05) is 6.20 Å². The maximum Gasteiger partial charge on any atom is 0.511 e. The second kappa shape index (κ2) is 3.26. The molecule has 0 unspecified atom stereocenters. The quantitative estimate of drug-likeness (QED) is 0.516. The van der Waals surface area contributed by atoms with Gasteiger partial charge in [0.15, 0.2) is 0 Å². The third kappa shape index (κ3) is 1.93. The molecule has 1 rings (SSSR count). The molecular weight excluding hydrogens is 203 g/mol. The number of halogens is 4. The number of nitrogens with zero attached hydrogens (tertiary/aromatic N) is 2. The zero-order valence-electron chi connectivity index (χ0n) is 6.14. The van der Waals surface area contributed by atoms with Crippen molar-refractivity contribution < 1.29 is 12.9 Å². The predicted molar refractivity (Wildman–Crippen MR) is 42.7 cm³/mol. The molecule has 0 bridgehead atoms. The maximum atomic E-state index is 12.2. The monoisotopic (exact) mass is 205 g/mol. The molecular formula is C6H2BClF3N2-. The smallest absolute Gasteiger partial charge is 0.445 e. The molecule has 0 atom stereocenters. The zero-order chi connectivity index (χ0) is 10.1. The van der Waals surface area contributed by atoms with E-state index >= 15 is 0 Å². The first-order chi connectivity index (χ1) is 5.96. The van der Waals surface area contributed by atoms with Crippen molar-refractivity contribution in [3.63, 3.8) is 0 Å². The molecule has 1 aromatic heterocycles. The van der Waals surface area contributed by atoms with Crippen LogP contribution in [0.3, 0.4) is 0 Å². The Morgan fingerprint density at radius 3 is 2.46 bits per heavy atom. The summed E-state index contributed by atoms with van der Waals surface area (Å²) in [5.74, 6) is 0. The van der Waals surface area contributed by atoms with Crippen molar-refractivity contribution in [1.82, 2.24) is 4.98 Å². The first-order valence-electron chi connectivity index (χ1n) is 3.21. The molecule has 1 aromatic rings. The summed E-state index contributed by atoms with van der Waals surface area (Å²) >= 11 is 5.31.